The third kappa shape index (κ3) is 3.89. The molecule has 0 bridgehead atoms. The van der Waals surface area contributed by atoms with Gasteiger partial charge in [0.1, 0.15) is 0 Å². The van der Waals surface area contributed by atoms with E-state index in [9.17, 15) is 4.79 Å². The summed E-state index contributed by atoms with van der Waals surface area (Å²) < 4.78 is 0. The molecular weight excluding hydrogens is 297 g/mol. The quantitative estimate of drug-likeness (QED) is 0.863. The van der Waals surface area contributed by atoms with Crippen LogP contribution in [0.15, 0.2) is 42.5 Å². The molecule has 0 radical (unpaired) electrons. The van der Waals surface area contributed by atoms with Crippen molar-refractivity contribution in [2.75, 3.05) is 11.9 Å². The highest BCUT2D eigenvalue weighted by molar-refractivity contribution is 6.33. The second kappa shape index (κ2) is 6.64. The minimum Gasteiger partial charge on any atom is -0.478 e. The van der Waals surface area contributed by atoms with Crippen molar-refractivity contribution in [3.05, 3.63) is 63.6 Å². The van der Waals surface area contributed by atoms with E-state index in [1.807, 2.05) is 24.3 Å². The Morgan fingerprint density at radius 2 is 1.80 bits per heavy atom. The first-order valence-corrected chi connectivity index (χ1v) is 6.83. The van der Waals surface area contributed by atoms with Crippen molar-refractivity contribution in [2.45, 2.75) is 6.42 Å². The predicted octanol–water partition coefficient (Wildman–Crippen LogP) is 4.35. The Bertz CT molecular complexity index is 612. The standard InChI is InChI=1S/C15H13Cl2NO2/c16-12-4-1-10(2-5-12)7-8-18-14-6-3-11(15(19)20)9-13(14)17/h1-6,9,18H,7-8H2,(H,19,20). The molecule has 0 amide bonds. The first kappa shape index (κ1) is 14.7. The minimum atomic E-state index is -0.986. The van der Waals surface area contributed by atoms with Crippen LogP contribution in [0.4, 0.5) is 5.69 Å². The summed E-state index contributed by atoms with van der Waals surface area (Å²) in [5, 5.41) is 13.2. The van der Waals surface area contributed by atoms with Crippen LogP contribution in [0.5, 0.6) is 0 Å². The van der Waals surface area contributed by atoms with Crippen molar-refractivity contribution >= 4 is 34.9 Å². The fraction of sp³-hybridized carbons (Fsp3) is 0.133. The number of hydrogen-bond donors (Lipinski definition) is 2. The summed E-state index contributed by atoms with van der Waals surface area (Å²) >= 11 is 11.9. The van der Waals surface area contributed by atoms with Crippen LogP contribution in [0.2, 0.25) is 10.0 Å². The summed E-state index contributed by atoms with van der Waals surface area (Å²) in [5.74, 6) is -0.986. The fourth-order valence-electron chi connectivity index (χ4n) is 1.78. The molecular formula is C15H13Cl2NO2. The van der Waals surface area contributed by atoms with Gasteiger partial charge < -0.3 is 10.4 Å². The SMILES string of the molecule is O=C(O)c1ccc(NCCc2ccc(Cl)cc2)c(Cl)c1. The van der Waals surface area contributed by atoms with Gasteiger partial charge in [-0.2, -0.15) is 0 Å². The maximum absolute atomic E-state index is 10.8. The molecule has 0 aliphatic rings. The molecule has 104 valence electrons. The van der Waals surface area contributed by atoms with Gasteiger partial charge in [-0.1, -0.05) is 35.3 Å². The van der Waals surface area contributed by atoms with E-state index < -0.39 is 5.97 Å². The summed E-state index contributed by atoms with van der Waals surface area (Å²) in [6, 6.07) is 12.3. The van der Waals surface area contributed by atoms with Crippen LogP contribution in [-0.4, -0.2) is 17.6 Å². The van der Waals surface area contributed by atoms with Crippen molar-refractivity contribution < 1.29 is 9.90 Å². The molecule has 0 saturated carbocycles. The number of carboxylic acid groups (broad SMARTS) is 1. The zero-order chi connectivity index (χ0) is 14.5. The monoisotopic (exact) mass is 309 g/mol. The second-order valence-corrected chi connectivity index (χ2v) is 5.15. The zero-order valence-corrected chi connectivity index (χ0v) is 12.1. The molecule has 3 nitrogen and oxygen atoms in total. The van der Waals surface area contributed by atoms with Gasteiger partial charge in [0, 0.05) is 11.6 Å². The van der Waals surface area contributed by atoms with E-state index in [2.05, 4.69) is 5.32 Å². The molecule has 2 aromatic carbocycles. The lowest BCUT2D eigenvalue weighted by Crippen LogP contribution is -2.06. The lowest BCUT2D eigenvalue weighted by Gasteiger charge is -2.09. The molecule has 0 aliphatic carbocycles. The lowest BCUT2D eigenvalue weighted by molar-refractivity contribution is 0.0697. The van der Waals surface area contributed by atoms with Crippen molar-refractivity contribution in [3.63, 3.8) is 0 Å². The van der Waals surface area contributed by atoms with Gasteiger partial charge in [-0.05, 0) is 42.3 Å². The highest BCUT2D eigenvalue weighted by Gasteiger charge is 2.06. The molecule has 0 aliphatic heterocycles. The van der Waals surface area contributed by atoms with Gasteiger partial charge in [-0.25, -0.2) is 4.79 Å². The molecule has 0 atom stereocenters. The molecule has 0 saturated heterocycles. The van der Waals surface area contributed by atoms with Crippen LogP contribution < -0.4 is 5.32 Å². The van der Waals surface area contributed by atoms with Crippen LogP contribution in [-0.2, 0) is 6.42 Å². The van der Waals surface area contributed by atoms with E-state index in [0.717, 1.165) is 12.1 Å². The maximum atomic E-state index is 10.8. The van der Waals surface area contributed by atoms with Crippen LogP contribution in [0.1, 0.15) is 15.9 Å². The molecule has 2 rings (SSSR count). The van der Waals surface area contributed by atoms with Gasteiger partial charge in [-0.3, -0.25) is 0 Å². The van der Waals surface area contributed by atoms with Crippen molar-refractivity contribution in [1.29, 1.82) is 0 Å². The highest BCUT2D eigenvalue weighted by Crippen LogP contribution is 2.23. The largest absolute Gasteiger partial charge is 0.478 e. The van der Waals surface area contributed by atoms with Gasteiger partial charge in [0.05, 0.1) is 16.3 Å². The number of rotatable bonds is 5. The topological polar surface area (TPSA) is 49.3 Å². The van der Waals surface area contributed by atoms with Gasteiger partial charge in [0.2, 0.25) is 0 Å². The number of hydrogen-bond acceptors (Lipinski definition) is 2. The number of carbonyl (C=O) groups is 1. The smallest absolute Gasteiger partial charge is 0.335 e. The predicted molar refractivity (Wildman–Crippen MR) is 82.1 cm³/mol. The third-order valence-electron chi connectivity index (χ3n) is 2.86. The number of aromatic carboxylic acids is 1. The summed E-state index contributed by atoms with van der Waals surface area (Å²) in [6.45, 7) is 0.702. The van der Waals surface area contributed by atoms with E-state index in [4.69, 9.17) is 28.3 Å². The van der Waals surface area contributed by atoms with Crippen LogP contribution in [0, 0.1) is 0 Å². The van der Waals surface area contributed by atoms with Crippen LogP contribution in [0.25, 0.3) is 0 Å². The van der Waals surface area contributed by atoms with Gasteiger partial charge >= 0.3 is 5.97 Å². The first-order chi connectivity index (χ1) is 9.56. The normalized spacial score (nSPS) is 10.3. The number of halogens is 2. The Kier molecular flexibility index (Phi) is 4.88. The maximum Gasteiger partial charge on any atom is 0.335 e. The molecule has 0 heterocycles. The molecule has 5 heteroatoms. The van der Waals surface area contributed by atoms with Crippen molar-refractivity contribution in [2.24, 2.45) is 0 Å². The molecule has 0 aromatic heterocycles. The van der Waals surface area contributed by atoms with Gasteiger partial charge in [0.15, 0.2) is 0 Å². The van der Waals surface area contributed by atoms with Crippen LogP contribution >= 0.6 is 23.2 Å². The Balaban J connectivity index is 1.94. The molecule has 20 heavy (non-hydrogen) atoms. The summed E-state index contributed by atoms with van der Waals surface area (Å²) in [7, 11) is 0. The van der Waals surface area contributed by atoms with Gasteiger partial charge in [0.25, 0.3) is 0 Å². The van der Waals surface area contributed by atoms with Gasteiger partial charge in [-0.15, -0.1) is 0 Å². The summed E-state index contributed by atoms with van der Waals surface area (Å²) in [4.78, 5) is 10.8. The number of anilines is 1. The third-order valence-corrected chi connectivity index (χ3v) is 3.42. The molecule has 2 N–H and O–H groups in total. The Morgan fingerprint density at radius 1 is 1.10 bits per heavy atom. The summed E-state index contributed by atoms with van der Waals surface area (Å²) in [5.41, 5.74) is 2.07. The van der Waals surface area contributed by atoms with E-state index in [1.54, 1.807) is 6.07 Å². The van der Waals surface area contributed by atoms with E-state index >= 15 is 0 Å². The fourth-order valence-corrected chi connectivity index (χ4v) is 2.16. The van der Waals surface area contributed by atoms with E-state index in [1.165, 1.54) is 17.7 Å². The summed E-state index contributed by atoms with van der Waals surface area (Å²) in [6.07, 6.45) is 0.828. The second-order valence-electron chi connectivity index (χ2n) is 4.30. The number of nitrogens with one attached hydrogen (secondary N) is 1. The first-order valence-electron chi connectivity index (χ1n) is 6.07. The molecule has 0 unspecified atom stereocenters. The zero-order valence-electron chi connectivity index (χ0n) is 10.6. The Labute approximate surface area is 127 Å². The Morgan fingerprint density at radius 3 is 2.40 bits per heavy atom. The average molecular weight is 310 g/mol. The van der Waals surface area contributed by atoms with Crippen molar-refractivity contribution in [3.8, 4) is 0 Å². The average Bonchev–Trinajstić information content (AvgIpc) is 2.42. The lowest BCUT2D eigenvalue weighted by atomic mass is 10.1. The van der Waals surface area contributed by atoms with E-state index in [-0.39, 0.29) is 5.56 Å². The molecule has 2 aromatic rings. The highest BCUT2D eigenvalue weighted by atomic mass is 35.5. The molecule has 0 spiro atoms. The Hall–Kier alpha value is -1.71. The minimum absolute atomic E-state index is 0.179. The number of carboxylic acids is 1. The molecule has 0 fully saturated rings. The van der Waals surface area contributed by atoms with Crippen LogP contribution in [0.3, 0.4) is 0 Å². The number of benzene rings is 2. The van der Waals surface area contributed by atoms with Crippen molar-refractivity contribution in [1.82, 2.24) is 0 Å². The van der Waals surface area contributed by atoms with E-state index in [0.29, 0.717) is 16.6 Å².